The molecule has 9 nitrogen and oxygen atoms in total. The minimum atomic E-state index is -1.11. The van der Waals surface area contributed by atoms with Gasteiger partial charge in [-0.25, -0.2) is 4.79 Å². The second kappa shape index (κ2) is 6.63. The van der Waals surface area contributed by atoms with Crippen LogP contribution in [0, 0.1) is 0 Å². The fraction of sp³-hybridized carbons (Fsp3) is 0.250. The molecule has 130 valence electrons. The molecule has 0 spiro atoms. The number of cyclic esters (lactones) is 1. The van der Waals surface area contributed by atoms with Crippen LogP contribution < -0.4 is 14.2 Å². The van der Waals surface area contributed by atoms with Crippen molar-refractivity contribution in [3.05, 3.63) is 35.4 Å². The number of rotatable bonds is 5. The third-order valence-electron chi connectivity index (χ3n) is 3.28. The van der Waals surface area contributed by atoms with E-state index in [0.29, 0.717) is 5.56 Å². The predicted molar refractivity (Wildman–Crippen MR) is 81.6 cm³/mol. The van der Waals surface area contributed by atoms with Crippen molar-refractivity contribution in [2.75, 3.05) is 14.2 Å². The number of ether oxygens (including phenoxy) is 5. The van der Waals surface area contributed by atoms with Crippen LogP contribution in [0.25, 0.3) is 0 Å². The van der Waals surface area contributed by atoms with Crippen molar-refractivity contribution in [2.24, 2.45) is 0 Å². The fourth-order valence-electron chi connectivity index (χ4n) is 2.24. The minimum Gasteiger partial charge on any atom is -0.481 e. The van der Waals surface area contributed by atoms with E-state index >= 15 is 0 Å². The highest BCUT2D eigenvalue weighted by Crippen LogP contribution is 2.38. The lowest BCUT2D eigenvalue weighted by Crippen LogP contribution is -2.07. The number of methoxy groups -OCH3 is 2. The van der Waals surface area contributed by atoms with Gasteiger partial charge < -0.3 is 23.7 Å². The van der Waals surface area contributed by atoms with Crippen LogP contribution in [0.3, 0.4) is 0 Å². The molecule has 0 saturated carbocycles. The van der Waals surface area contributed by atoms with Gasteiger partial charge in [-0.2, -0.15) is 9.97 Å². The summed E-state index contributed by atoms with van der Waals surface area (Å²) in [6.07, 6.45) is -1.11. The highest BCUT2D eigenvalue weighted by atomic mass is 16.7. The second-order valence-corrected chi connectivity index (χ2v) is 4.90. The summed E-state index contributed by atoms with van der Waals surface area (Å²) in [7, 11) is 2.87. The molecule has 1 atom stereocenters. The summed E-state index contributed by atoms with van der Waals surface area (Å²) >= 11 is 0. The molecule has 0 amide bonds. The van der Waals surface area contributed by atoms with Crippen molar-refractivity contribution >= 4 is 11.9 Å². The molecule has 0 saturated heterocycles. The van der Waals surface area contributed by atoms with Gasteiger partial charge in [0.05, 0.1) is 25.8 Å². The van der Waals surface area contributed by atoms with Crippen molar-refractivity contribution in [1.29, 1.82) is 0 Å². The predicted octanol–water partition coefficient (Wildman–Crippen LogP) is 2.02. The van der Waals surface area contributed by atoms with Crippen LogP contribution in [-0.2, 0) is 14.3 Å². The molecule has 1 aromatic carbocycles. The van der Waals surface area contributed by atoms with Crippen LogP contribution in [0.5, 0.6) is 23.5 Å². The summed E-state index contributed by atoms with van der Waals surface area (Å²) in [4.78, 5) is 31.4. The van der Waals surface area contributed by atoms with Crippen LogP contribution in [0.4, 0.5) is 0 Å². The molecule has 9 heteroatoms. The smallest absolute Gasteiger partial charge is 0.345 e. The van der Waals surface area contributed by atoms with Gasteiger partial charge in [-0.1, -0.05) is 12.1 Å². The number of hydrogen-bond acceptors (Lipinski definition) is 9. The summed E-state index contributed by atoms with van der Waals surface area (Å²) in [6, 6.07) is 6.18. The highest BCUT2D eigenvalue weighted by molar-refractivity contribution is 5.97. The number of nitrogens with zero attached hydrogens (tertiary/aromatic N) is 2. The summed E-state index contributed by atoms with van der Waals surface area (Å²) in [5.41, 5.74) is 0.520. The summed E-state index contributed by atoms with van der Waals surface area (Å²) in [5.74, 6) is -0.624. The van der Waals surface area contributed by atoms with E-state index in [1.165, 1.54) is 27.2 Å². The van der Waals surface area contributed by atoms with Crippen LogP contribution >= 0.6 is 0 Å². The lowest BCUT2D eigenvalue weighted by Gasteiger charge is -2.10. The fourth-order valence-corrected chi connectivity index (χ4v) is 2.24. The first-order valence-electron chi connectivity index (χ1n) is 7.18. The van der Waals surface area contributed by atoms with Crippen molar-refractivity contribution in [2.45, 2.75) is 13.2 Å². The zero-order chi connectivity index (χ0) is 18.0. The minimum absolute atomic E-state index is 0.0756. The molecule has 25 heavy (non-hydrogen) atoms. The maximum atomic E-state index is 12.1. The van der Waals surface area contributed by atoms with E-state index in [1.807, 2.05) is 0 Å². The molecule has 0 radical (unpaired) electrons. The van der Waals surface area contributed by atoms with E-state index < -0.39 is 18.2 Å². The number of fused-ring (bicyclic) bond motifs is 1. The standard InChI is InChI=1S/C16H14N2O7/c1-8(19)23-15-9-5-4-6-10(13(9)14(20)25-15)24-16-17-11(21-2)7-12(18-16)22-3/h4-7,15H,1-3H3. The number of hydrogen-bond donors (Lipinski definition) is 0. The van der Waals surface area contributed by atoms with Gasteiger partial charge in [0.25, 0.3) is 6.29 Å². The summed E-state index contributed by atoms with van der Waals surface area (Å²) < 4.78 is 25.7. The molecule has 1 aromatic heterocycles. The van der Waals surface area contributed by atoms with Crippen molar-refractivity contribution < 1.29 is 33.3 Å². The number of carbonyl (C=O) groups excluding carboxylic acids is 2. The summed E-state index contributed by atoms with van der Waals surface area (Å²) in [5, 5.41) is 0. The molecule has 3 rings (SSSR count). The average molecular weight is 346 g/mol. The third-order valence-corrected chi connectivity index (χ3v) is 3.28. The van der Waals surface area contributed by atoms with Gasteiger partial charge in [-0.15, -0.1) is 0 Å². The van der Waals surface area contributed by atoms with Gasteiger partial charge in [0.15, 0.2) is 0 Å². The van der Waals surface area contributed by atoms with Gasteiger partial charge >= 0.3 is 17.9 Å². The molecule has 1 aliphatic rings. The van der Waals surface area contributed by atoms with E-state index in [4.69, 9.17) is 23.7 Å². The third kappa shape index (κ3) is 3.30. The van der Waals surface area contributed by atoms with Gasteiger partial charge in [0, 0.05) is 6.92 Å². The molecule has 0 aliphatic carbocycles. The van der Waals surface area contributed by atoms with E-state index in [9.17, 15) is 9.59 Å². The lowest BCUT2D eigenvalue weighted by molar-refractivity contribution is -0.164. The second-order valence-electron chi connectivity index (χ2n) is 4.90. The van der Waals surface area contributed by atoms with Crippen molar-refractivity contribution in [3.63, 3.8) is 0 Å². The Morgan fingerprint density at radius 2 is 1.84 bits per heavy atom. The van der Waals surface area contributed by atoms with E-state index in [1.54, 1.807) is 18.2 Å². The van der Waals surface area contributed by atoms with Crippen LogP contribution in [0.2, 0.25) is 0 Å². The first-order chi connectivity index (χ1) is 12.0. The zero-order valence-electron chi connectivity index (χ0n) is 13.6. The SMILES string of the molecule is COc1cc(OC)nc(Oc2cccc3c2C(=O)OC3OC(C)=O)n1. The van der Waals surface area contributed by atoms with E-state index in [-0.39, 0.29) is 29.1 Å². The molecule has 1 unspecified atom stereocenters. The van der Waals surface area contributed by atoms with Gasteiger partial charge in [0.1, 0.15) is 11.3 Å². The molecule has 2 heterocycles. The van der Waals surface area contributed by atoms with Gasteiger partial charge in [-0.05, 0) is 6.07 Å². The van der Waals surface area contributed by atoms with Crippen LogP contribution in [-0.4, -0.2) is 36.1 Å². The Balaban J connectivity index is 1.96. The summed E-state index contributed by atoms with van der Waals surface area (Å²) in [6.45, 7) is 1.22. The lowest BCUT2D eigenvalue weighted by atomic mass is 10.1. The quantitative estimate of drug-likeness (QED) is 0.751. The number of esters is 2. The maximum Gasteiger partial charge on any atom is 0.345 e. The molecule has 2 aromatic rings. The van der Waals surface area contributed by atoms with E-state index in [2.05, 4.69) is 9.97 Å². The van der Waals surface area contributed by atoms with Crippen molar-refractivity contribution in [3.8, 4) is 23.5 Å². The Kier molecular flexibility index (Phi) is 4.38. The molecular formula is C16H14N2O7. The topological polar surface area (TPSA) is 106 Å². The molecular weight excluding hydrogens is 332 g/mol. The Bertz CT molecular complexity index is 815. The Labute approximate surface area is 142 Å². The number of benzene rings is 1. The Hall–Kier alpha value is -3.36. The first-order valence-corrected chi connectivity index (χ1v) is 7.18. The Morgan fingerprint density at radius 1 is 1.16 bits per heavy atom. The first kappa shape index (κ1) is 16.5. The highest BCUT2D eigenvalue weighted by Gasteiger charge is 2.36. The number of aromatic nitrogens is 2. The molecule has 0 N–H and O–H groups in total. The molecule has 0 bridgehead atoms. The monoisotopic (exact) mass is 346 g/mol. The average Bonchev–Trinajstić information content (AvgIpc) is 2.90. The normalized spacial score (nSPS) is 15.2. The maximum absolute atomic E-state index is 12.1. The van der Waals surface area contributed by atoms with Crippen LogP contribution in [0.1, 0.15) is 29.1 Å². The van der Waals surface area contributed by atoms with Crippen LogP contribution in [0.15, 0.2) is 24.3 Å². The zero-order valence-corrected chi connectivity index (χ0v) is 13.6. The Morgan fingerprint density at radius 3 is 2.44 bits per heavy atom. The van der Waals surface area contributed by atoms with E-state index in [0.717, 1.165) is 0 Å². The van der Waals surface area contributed by atoms with Gasteiger partial charge in [-0.3, -0.25) is 4.79 Å². The van der Waals surface area contributed by atoms with Gasteiger partial charge in [0.2, 0.25) is 11.8 Å². The largest absolute Gasteiger partial charge is 0.481 e. The molecule has 0 fully saturated rings. The number of carbonyl (C=O) groups is 2. The van der Waals surface area contributed by atoms with Crippen molar-refractivity contribution in [1.82, 2.24) is 9.97 Å². The molecule has 1 aliphatic heterocycles.